The number of carboxylic acid groups (broad SMARTS) is 2. The summed E-state index contributed by atoms with van der Waals surface area (Å²) in [5.41, 5.74) is 7.07. The lowest BCUT2D eigenvalue weighted by Crippen LogP contribution is -2.58. The van der Waals surface area contributed by atoms with Crippen LogP contribution in [0, 0.1) is 5.92 Å². The summed E-state index contributed by atoms with van der Waals surface area (Å²) in [5.74, 6) is -5.02. The third kappa shape index (κ3) is 8.85. The van der Waals surface area contributed by atoms with Crippen molar-refractivity contribution in [2.24, 2.45) is 11.7 Å². The Morgan fingerprint density at radius 3 is 2.13 bits per heavy atom. The molecule has 0 saturated carbocycles. The van der Waals surface area contributed by atoms with Gasteiger partial charge in [-0.05, 0) is 30.4 Å². The van der Waals surface area contributed by atoms with Gasteiger partial charge in [0, 0.05) is 29.9 Å². The molecule has 9 N–H and O–H groups in total. The van der Waals surface area contributed by atoms with Crippen molar-refractivity contribution < 1.29 is 39.3 Å². The van der Waals surface area contributed by atoms with Crippen LogP contribution in [0.15, 0.2) is 30.5 Å². The molecule has 2 aromatic rings. The molecule has 0 fully saturated rings. The van der Waals surface area contributed by atoms with E-state index in [4.69, 9.17) is 10.8 Å². The minimum Gasteiger partial charge on any atom is -0.481 e. The van der Waals surface area contributed by atoms with Gasteiger partial charge in [0.2, 0.25) is 17.7 Å². The van der Waals surface area contributed by atoms with E-state index in [1.54, 1.807) is 26.1 Å². The molecule has 4 unspecified atom stereocenters. The number of carbonyl (C=O) groups excluding carboxylic acids is 3. The van der Waals surface area contributed by atoms with Gasteiger partial charge in [0.1, 0.15) is 24.2 Å². The number of hydrogen-bond donors (Lipinski definition) is 8. The molecule has 0 saturated heterocycles. The number of aliphatic hydroxyl groups excluding tert-OH is 1. The monoisotopic (exact) mass is 533 g/mol. The van der Waals surface area contributed by atoms with Crippen LogP contribution in [0.4, 0.5) is 0 Å². The molecule has 0 aliphatic heterocycles. The molecule has 1 heterocycles. The van der Waals surface area contributed by atoms with E-state index in [1.807, 2.05) is 18.2 Å². The summed E-state index contributed by atoms with van der Waals surface area (Å²) in [6, 6.07) is 2.11. The van der Waals surface area contributed by atoms with Crippen molar-refractivity contribution in [3.63, 3.8) is 0 Å². The van der Waals surface area contributed by atoms with Gasteiger partial charge < -0.3 is 42.0 Å². The smallest absolute Gasteiger partial charge is 0.326 e. The Kier molecular flexibility index (Phi) is 11.2. The van der Waals surface area contributed by atoms with Gasteiger partial charge in [0.15, 0.2) is 0 Å². The van der Waals surface area contributed by atoms with Crippen molar-refractivity contribution in [2.75, 3.05) is 6.61 Å². The van der Waals surface area contributed by atoms with Gasteiger partial charge in [-0.15, -0.1) is 0 Å². The van der Waals surface area contributed by atoms with E-state index in [0.29, 0.717) is 5.56 Å². The van der Waals surface area contributed by atoms with Gasteiger partial charge in [0.05, 0.1) is 6.61 Å². The highest BCUT2D eigenvalue weighted by Gasteiger charge is 2.31. The van der Waals surface area contributed by atoms with Crippen LogP contribution in [0.2, 0.25) is 0 Å². The molecule has 208 valence electrons. The van der Waals surface area contributed by atoms with Crippen LogP contribution in [0.1, 0.15) is 38.7 Å². The number of aliphatic hydroxyl groups is 1. The molecule has 38 heavy (non-hydrogen) atoms. The zero-order valence-corrected chi connectivity index (χ0v) is 21.3. The molecular formula is C25H35N5O8. The number of hydrogen-bond acceptors (Lipinski definition) is 7. The second-order valence-electron chi connectivity index (χ2n) is 9.44. The summed E-state index contributed by atoms with van der Waals surface area (Å²) in [6.45, 7) is 2.89. The second kappa shape index (κ2) is 14.1. The summed E-state index contributed by atoms with van der Waals surface area (Å²) in [6.07, 6.45) is 0.984. The maximum Gasteiger partial charge on any atom is 0.326 e. The fourth-order valence-electron chi connectivity index (χ4n) is 3.87. The highest BCUT2D eigenvalue weighted by molar-refractivity contribution is 5.95. The molecule has 0 bridgehead atoms. The van der Waals surface area contributed by atoms with Crippen LogP contribution >= 0.6 is 0 Å². The topological polar surface area (TPSA) is 224 Å². The maximum absolute atomic E-state index is 13.3. The Morgan fingerprint density at radius 1 is 0.921 bits per heavy atom. The molecule has 3 amide bonds. The first-order valence-electron chi connectivity index (χ1n) is 12.2. The van der Waals surface area contributed by atoms with Crippen LogP contribution in [0.5, 0.6) is 0 Å². The van der Waals surface area contributed by atoms with Crippen molar-refractivity contribution in [3.05, 3.63) is 36.0 Å². The number of rotatable bonds is 15. The molecule has 4 atom stereocenters. The first-order chi connectivity index (χ1) is 17.9. The van der Waals surface area contributed by atoms with E-state index in [9.17, 15) is 34.2 Å². The second-order valence-corrected chi connectivity index (χ2v) is 9.44. The maximum atomic E-state index is 13.3. The number of carbonyl (C=O) groups is 5. The summed E-state index contributed by atoms with van der Waals surface area (Å²) in [7, 11) is 0. The Hall–Kier alpha value is -3.97. The minimum atomic E-state index is -1.39. The Labute approximate surface area is 219 Å². The number of para-hydroxylation sites is 1. The molecule has 0 aliphatic rings. The molecule has 2 rings (SSSR count). The first kappa shape index (κ1) is 30.3. The summed E-state index contributed by atoms with van der Waals surface area (Å²) in [4.78, 5) is 64.6. The average molecular weight is 534 g/mol. The number of fused-ring (bicyclic) bond motifs is 1. The fourth-order valence-corrected chi connectivity index (χ4v) is 3.87. The van der Waals surface area contributed by atoms with Crippen molar-refractivity contribution in [2.45, 2.75) is 63.7 Å². The molecule has 13 nitrogen and oxygen atoms in total. The largest absolute Gasteiger partial charge is 0.481 e. The van der Waals surface area contributed by atoms with Crippen LogP contribution in [-0.2, 0) is 30.4 Å². The Bertz CT molecular complexity index is 1150. The number of aliphatic carboxylic acids is 2. The van der Waals surface area contributed by atoms with E-state index in [2.05, 4.69) is 20.9 Å². The third-order valence-electron chi connectivity index (χ3n) is 5.87. The van der Waals surface area contributed by atoms with Crippen LogP contribution in [0.25, 0.3) is 10.9 Å². The van der Waals surface area contributed by atoms with Gasteiger partial charge in [-0.25, -0.2) is 4.79 Å². The molecule has 0 aliphatic carbocycles. The number of nitrogens with two attached hydrogens (primary N) is 1. The van der Waals surface area contributed by atoms with Gasteiger partial charge in [-0.1, -0.05) is 32.0 Å². The van der Waals surface area contributed by atoms with E-state index in [0.717, 1.165) is 10.9 Å². The van der Waals surface area contributed by atoms with Crippen molar-refractivity contribution in [1.82, 2.24) is 20.9 Å². The summed E-state index contributed by atoms with van der Waals surface area (Å²) >= 11 is 0. The number of benzene rings is 1. The lowest BCUT2D eigenvalue weighted by Gasteiger charge is -2.25. The predicted octanol–water partition coefficient (Wildman–Crippen LogP) is -0.520. The predicted molar refractivity (Wildman–Crippen MR) is 137 cm³/mol. The Balaban J connectivity index is 2.30. The van der Waals surface area contributed by atoms with E-state index in [-0.39, 0.29) is 25.2 Å². The molecule has 13 heteroatoms. The fraction of sp³-hybridized carbons (Fsp3) is 0.480. The number of nitrogens with one attached hydrogen (secondary N) is 4. The van der Waals surface area contributed by atoms with Crippen molar-refractivity contribution >= 4 is 40.6 Å². The van der Waals surface area contributed by atoms with Crippen molar-refractivity contribution in [1.29, 1.82) is 0 Å². The number of H-pyrrole nitrogens is 1. The highest BCUT2D eigenvalue weighted by Crippen LogP contribution is 2.19. The van der Waals surface area contributed by atoms with Gasteiger partial charge >= 0.3 is 11.9 Å². The SMILES string of the molecule is CC(C)CC(NC(=O)C(CCC(=O)O)NC(=O)C(Cc1c[nH]c2ccccc12)NC(=O)C(N)CO)C(=O)O. The molecule has 1 aromatic heterocycles. The molecule has 0 spiro atoms. The van der Waals surface area contributed by atoms with Gasteiger partial charge in [0.25, 0.3) is 0 Å². The van der Waals surface area contributed by atoms with Gasteiger partial charge in [-0.2, -0.15) is 0 Å². The normalized spacial score (nSPS) is 14.3. The van der Waals surface area contributed by atoms with Crippen LogP contribution in [-0.4, -0.2) is 80.7 Å². The number of aromatic nitrogens is 1. The quantitative estimate of drug-likeness (QED) is 0.147. The van der Waals surface area contributed by atoms with E-state index >= 15 is 0 Å². The zero-order valence-electron chi connectivity index (χ0n) is 21.3. The number of aromatic amines is 1. The lowest BCUT2D eigenvalue weighted by molar-refractivity contribution is -0.143. The lowest BCUT2D eigenvalue weighted by atomic mass is 10.0. The zero-order chi connectivity index (χ0) is 28.4. The van der Waals surface area contributed by atoms with Crippen LogP contribution in [0.3, 0.4) is 0 Å². The Morgan fingerprint density at radius 2 is 1.53 bits per heavy atom. The summed E-state index contributed by atoms with van der Waals surface area (Å²) < 4.78 is 0. The highest BCUT2D eigenvalue weighted by atomic mass is 16.4. The minimum absolute atomic E-state index is 0.0158. The summed E-state index contributed by atoms with van der Waals surface area (Å²) in [5, 5.41) is 35.9. The van der Waals surface area contributed by atoms with Crippen LogP contribution < -0.4 is 21.7 Å². The van der Waals surface area contributed by atoms with E-state index < -0.39 is 66.9 Å². The first-order valence-corrected chi connectivity index (χ1v) is 12.2. The number of carboxylic acids is 2. The average Bonchev–Trinajstić information content (AvgIpc) is 3.27. The third-order valence-corrected chi connectivity index (χ3v) is 5.87. The van der Waals surface area contributed by atoms with Gasteiger partial charge in [-0.3, -0.25) is 19.2 Å². The molecular weight excluding hydrogens is 498 g/mol. The standard InChI is InChI=1S/C25H35N5O8/c1-13(2)9-20(25(37)38)30-23(35)18(7-8-21(32)33)28-24(36)19(29-22(34)16(26)12-31)10-14-11-27-17-6-4-3-5-15(14)17/h3-6,11,13,16,18-20,27,31H,7-10,12,26H2,1-2H3,(H,28,36)(H,29,34)(H,30,35)(H,32,33)(H,37,38). The van der Waals surface area contributed by atoms with Crippen molar-refractivity contribution in [3.8, 4) is 0 Å². The number of amides is 3. The van der Waals surface area contributed by atoms with E-state index in [1.165, 1.54) is 0 Å². The molecule has 1 aromatic carbocycles. The molecule has 0 radical (unpaired) electrons.